The van der Waals surface area contributed by atoms with Gasteiger partial charge in [-0.1, -0.05) is 31.5 Å². The molecule has 0 atom stereocenters. The Kier molecular flexibility index (Phi) is 11.3. The Morgan fingerprint density at radius 2 is 1.93 bits per heavy atom. The van der Waals surface area contributed by atoms with Gasteiger partial charge in [-0.2, -0.15) is 0 Å². The SMILES string of the molecule is CN=C(NCCc1cc(C)ccc1OC)NCC(C)(C)CCS(C)(=O)=O.I. The van der Waals surface area contributed by atoms with E-state index in [4.69, 9.17) is 4.74 Å². The first-order valence-corrected chi connectivity index (χ1v) is 10.9. The fraction of sp³-hybridized carbons (Fsp3) is 0.632. The maximum atomic E-state index is 11.4. The summed E-state index contributed by atoms with van der Waals surface area (Å²) in [6.45, 7) is 7.54. The number of aliphatic imine (C=N–C) groups is 1. The smallest absolute Gasteiger partial charge is 0.191 e. The van der Waals surface area contributed by atoms with Crippen LogP contribution in [0.1, 0.15) is 31.4 Å². The van der Waals surface area contributed by atoms with Crippen LogP contribution in [0.4, 0.5) is 0 Å². The first kappa shape index (κ1) is 26.0. The topological polar surface area (TPSA) is 79.8 Å². The summed E-state index contributed by atoms with van der Waals surface area (Å²) < 4.78 is 28.1. The molecular weight excluding hydrogens is 477 g/mol. The van der Waals surface area contributed by atoms with Crippen LogP contribution in [-0.2, 0) is 16.3 Å². The Morgan fingerprint density at radius 1 is 1.26 bits per heavy atom. The van der Waals surface area contributed by atoms with Gasteiger partial charge in [0.25, 0.3) is 0 Å². The summed E-state index contributed by atoms with van der Waals surface area (Å²) in [4.78, 5) is 4.24. The molecule has 0 aliphatic rings. The zero-order valence-corrected chi connectivity index (χ0v) is 20.4. The lowest BCUT2D eigenvalue weighted by molar-refractivity contribution is 0.348. The van der Waals surface area contributed by atoms with Crippen molar-refractivity contribution in [2.24, 2.45) is 10.4 Å². The van der Waals surface area contributed by atoms with Gasteiger partial charge in [-0.15, -0.1) is 24.0 Å². The van der Waals surface area contributed by atoms with Crippen LogP contribution >= 0.6 is 24.0 Å². The fourth-order valence-corrected chi connectivity index (χ4v) is 3.44. The Morgan fingerprint density at radius 3 is 2.48 bits per heavy atom. The van der Waals surface area contributed by atoms with Crippen LogP contribution in [0.15, 0.2) is 23.2 Å². The number of methoxy groups -OCH3 is 1. The van der Waals surface area contributed by atoms with Crippen molar-refractivity contribution in [2.75, 3.05) is 39.3 Å². The number of sulfone groups is 1. The molecule has 2 N–H and O–H groups in total. The van der Waals surface area contributed by atoms with Crippen LogP contribution in [0.5, 0.6) is 5.75 Å². The number of hydrogen-bond donors (Lipinski definition) is 2. The molecule has 0 bridgehead atoms. The third kappa shape index (κ3) is 10.8. The molecule has 8 heteroatoms. The van der Waals surface area contributed by atoms with Crippen molar-refractivity contribution in [1.82, 2.24) is 10.6 Å². The number of halogens is 1. The van der Waals surface area contributed by atoms with E-state index in [1.54, 1.807) is 14.2 Å². The highest BCUT2D eigenvalue weighted by molar-refractivity contribution is 14.0. The summed E-state index contributed by atoms with van der Waals surface area (Å²) in [5, 5.41) is 6.58. The van der Waals surface area contributed by atoms with E-state index in [-0.39, 0.29) is 35.1 Å². The van der Waals surface area contributed by atoms with Crippen LogP contribution in [0.25, 0.3) is 0 Å². The standard InChI is InChI=1S/C19H33N3O3S.HI/c1-15-7-8-17(25-5)16(13-15)9-11-21-18(20-4)22-14-19(2,3)10-12-26(6,23)24;/h7-8,13H,9-12,14H2,1-6H3,(H2,20,21,22);1H. The molecule has 1 aromatic carbocycles. The molecule has 1 aromatic rings. The Labute approximate surface area is 181 Å². The van der Waals surface area contributed by atoms with Crippen molar-refractivity contribution in [3.05, 3.63) is 29.3 Å². The average Bonchev–Trinajstić information content (AvgIpc) is 2.56. The summed E-state index contributed by atoms with van der Waals surface area (Å²) in [5.74, 6) is 1.80. The maximum Gasteiger partial charge on any atom is 0.191 e. The molecule has 27 heavy (non-hydrogen) atoms. The molecule has 0 heterocycles. The second-order valence-electron chi connectivity index (χ2n) is 7.46. The summed E-state index contributed by atoms with van der Waals surface area (Å²) in [7, 11) is 0.468. The van der Waals surface area contributed by atoms with Crippen molar-refractivity contribution in [3.63, 3.8) is 0 Å². The zero-order valence-electron chi connectivity index (χ0n) is 17.3. The van der Waals surface area contributed by atoms with Crippen LogP contribution in [-0.4, -0.2) is 53.6 Å². The number of ether oxygens (including phenoxy) is 1. The minimum absolute atomic E-state index is 0. The van der Waals surface area contributed by atoms with E-state index < -0.39 is 9.84 Å². The third-order valence-electron chi connectivity index (χ3n) is 4.23. The van der Waals surface area contributed by atoms with E-state index in [2.05, 4.69) is 42.5 Å². The molecule has 0 aliphatic carbocycles. The van der Waals surface area contributed by atoms with Crippen molar-refractivity contribution < 1.29 is 13.2 Å². The van der Waals surface area contributed by atoms with E-state index in [9.17, 15) is 8.42 Å². The minimum Gasteiger partial charge on any atom is -0.496 e. The van der Waals surface area contributed by atoms with E-state index in [1.165, 1.54) is 11.8 Å². The summed E-state index contributed by atoms with van der Waals surface area (Å²) in [6, 6.07) is 6.15. The van der Waals surface area contributed by atoms with Crippen molar-refractivity contribution in [1.29, 1.82) is 0 Å². The van der Waals surface area contributed by atoms with E-state index in [0.29, 0.717) is 18.9 Å². The Hall–Kier alpha value is -1.03. The minimum atomic E-state index is -2.94. The summed E-state index contributed by atoms with van der Waals surface area (Å²) in [5.41, 5.74) is 2.22. The molecule has 0 aliphatic heterocycles. The van der Waals surface area contributed by atoms with Crippen molar-refractivity contribution >= 4 is 39.8 Å². The monoisotopic (exact) mass is 511 g/mol. The molecule has 0 aromatic heterocycles. The summed E-state index contributed by atoms with van der Waals surface area (Å²) in [6.07, 6.45) is 2.70. The van der Waals surface area contributed by atoms with Crippen LogP contribution in [0.2, 0.25) is 0 Å². The first-order valence-electron chi connectivity index (χ1n) is 8.82. The van der Waals surface area contributed by atoms with Gasteiger partial charge in [-0.25, -0.2) is 8.42 Å². The van der Waals surface area contributed by atoms with E-state index in [1.807, 2.05) is 12.1 Å². The number of nitrogens with zero attached hydrogens (tertiary/aromatic N) is 1. The lowest BCUT2D eigenvalue weighted by atomic mass is 9.90. The number of nitrogens with one attached hydrogen (secondary N) is 2. The molecule has 0 saturated carbocycles. The predicted molar refractivity (Wildman–Crippen MR) is 124 cm³/mol. The molecule has 0 spiro atoms. The fourth-order valence-electron chi connectivity index (χ4n) is 2.51. The first-order chi connectivity index (χ1) is 12.1. The maximum absolute atomic E-state index is 11.4. The van der Waals surface area contributed by atoms with Gasteiger partial charge in [-0.05, 0) is 36.8 Å². The van der Waals surface area contributed by atoms with E-state index >= 15 is 0 Å². The molecule has 1 rings (SSSR count). The molecule has 0 unspecified atom stereocenters. The van der Waals surface area contributed by atoms with Gasteiger partial charge >= 0.3 is 0 Å². The van der Waals surface area contributed by atoms with Gasteiger partial charge < -0.3 is 15.4 Å². The van der Waals surface area contributed by atoms with Gasteiger partial charge in [0.2, 0.25) is 0 Å². The van der Waals surface area contributed by atoms with Gasteiger partial charge in [-0.3, -0.25) is 4.99 Å². The molecule has 156 valence electrons. The van der Waals surface area contributed by atoms with E-state index in [0.717, 1.165) is 24.3 Å². The van der Waals surface area contributed by atoms with Gasteiger partial charge in [0.1, 0.15) is 15.6 Å². The largest absolute Gasteiger partial charge is 0.496 e. The lowest BCUT2D eigenvalue weighted by Crippen LogP contribution is -2.43. The second-order valence-corrected chi connectivity index (χ2v) is 9.72. The zero-order chi connectivity index (χ0) is 19.8. The van der Waals surface area contributed by atoms with Crippen LogP contribution in [0, 0.1) is 12.3 Å². The molecule has 0 fully saturated rings. The highest BCUT2D eigenvalue weighted by atomic mass is 127. The van der Waals surface area contributed by atoms with Crippen LogP contribution in [0.3, 0.4) is 0 Å². The number of rotatable bonds is 9. The quantitative estimate of drug-likeness (QED) is 0.303. The van der Waals surface area contributed by atoms with Gasteiger partial charge in [0.15, 0.2) is 5.96 Å². The molecule has 0 amide bonds. The predicted octanol–water partition coefficient (Wildman–Crippen LogP) is 2.79. The summed E-state index contributed by atoms with van der Waals surface area (Å²) >= 11 is 0. The van der Waals surface area contributed by atoms with Gasteiger partial charge in [0.05, 0.1) is 12.9 Å². The Balaban J connectivity index is 0.00000676. The average molecular weight is 511 g/mol. The molecule has 0 saturated heterocycles. The molecular formula is C19H34IN3O3S. The second kappa shape index (κ2) is 11.7. The van der Waals surface area contributed by atoms with Crippen molar-refractivity contribution in [2.45, 2.75) is 33.6 Å². The number of aryl methyl sites for hydroxylation is 1. The normalized spacial score (nSPS) is 12.3. The highest BCUT2D eigenvalue weighted by Gasteiger charge is 2.20. The highest BCUT2D eigenvalue weighted by Crippen LogP contribution is 2.20. The van der Waals surface area contributed by atoms with Gasteiger partial charge in [0, 0.05) is 26.4 Å². The number of benzene rings is 1. The molecule has 6 nitrogen and oxygen atoms in total. The number of guanidine groups is 1. The third-order valence-corrected chi connectivity index (χ3v) is 5.18. The number of hydrogen-bond acceptors (Lipinski definition) is 4. The Bertz CT molecular complexity index is 719. The van der Waals surface area contributed by atoms with Crippen LogP contribution < -0.4 is 15.4 Å². The van der Waals surface area contributed by atoms with Crippen molar-refractivity contribution in [3.8, 4) is 5.75 Å². The molecule has 0 radical (unpaired) electrons. The lowest BCUT2D eigenvalue weighted by Gasteiger charge is -2.25.